The largest absolute Gasteiger partial charge is 0.396 e. The lowest BCUT2D eigenvalue weighted by Crippen LogP contribution is -2.29. The van der Waals surface area contributed by atoms with Crippen LogP contribution in [0.15, 0.2) is 5.38 Å². The van der Waals surface area contributed by atoms with E-state index in [9.17, 15) is 0 Å². The summed E-state index contributed by atoms with van der Waals surface area (Å²) in [6.45, 7) is 8.69. The van der Waals surface area contributed by atoms with E-state index in [1.807, 2.05) is 0 Å². The average molecular weight is 256 g/mol. The molecule has 0 aromatic carbocycles. The summed E-state index contributed by atoms with van der Waals surface area (Å²) in [5.74, 6) is 0. The molecule has 1 aromatic heterocycles. The zero-order valence-electron chi connectivity index (χ0n) is 11.1. The minimum atomic E-state index is 0.242. The number of nitrogens with one attached hydrogen (secondary N) is 1. The van der Waals surface area contributed by atoms with Gasteiger partial charge < -0.3 is 10.4 Å². The smallest absolute Gasteiger partial charge is 0.0926 e. The number of hydrogen-bond acceptors (Lipinski definition) is 4. The van der Waals surface area contributed by atoms with Gasteiger partial charge in [-0.1, -0.05) is 20.8 Å². The Labute approximate surface area is 108 Å². The van der Waals surface area contributed by atoms with Gasteiger partial charge in [0.25, 0.3) is 0 Å². The molecular weight excluding hydrogens is 232 g/mol. The Morgan fingerprint density at radius 1 is 1.47 bits per heavy atom. The van der Waals surface area contributed by atoms with Crippen molar-refractivity contribution < 1.29 is 5.11 Å². The highest BCUT2D eigenvalue weighted by Gasteiger charge is 2.16. The molecule has 1 heterocycles. The number of aryl methyl sites for hydroxylation is 1. The van der Waals surface area contributed by atoms with Crippen molar-refractivity contribution in [2.45, 2.75) is 46.6 Å². The van der Waals surface area contributed by atoms with E-state index in [0.717, 1.165) is 38.0 Å². The molecule has 4 heteroatoms. The lowest BCUT2D eigenvalue weighted by Gasteiger charge is -2.24. The molecule has 0 aliphatic carbocycles. The van der Waals surface area contributed by atoms with Crippen LogP contribution in [0.3, 0.4) is 0 Å². The van der Waals surface area contributed by atoms with Gasteiger partial charge >= 0.3 is 0 Å². The van der Waals surface area contributed by atoms with E-state index in [2.05, 4.69) is 36.5 Å². The van der Waals surface area contributed by atoms with E-state index in [1.165, 1.54) is 5.01 Å². The molecule has 0 aliphatic heterocycles. The fourth-order valence-corrected chi connectivity index (χ4v) is 2.51. The van der Waals surface area contributed by atoms with Crippen molar-refractivity contribution in [3.8, 4) is 0 Å². The Balaban J connectivity index is 2.26. The zero-order chi connectivity index (χ0) is 12.7. The maximum Gasteiger partial charge on any atom is 0.0926 e. The van der Waals surface area contributed by atoms with E-state index in [1.54, 1.807) is 11.3 Å². The third kappa shape index (κ3) is 5.61. The molecule has 0 saturated heterocycles. The van der Waals surface area contributed by atoms with Crippen LogP contribution in [0, 0.1) is 5.41 Å². The maximum absolute atomic E-state index is 8.83. The molecular formula is C13H24N2OS. The first kappa shape index (κ1) is 14.6. The third-order valence-electron chi connectivity index (χ3n) is 2.82. The number of aliphatic hydroxyl groups is 1. The van der Waals surface area contributed by atoms with Gasteiger partial charge in [-0.2, -0.15) is 0 Å². The minimum absolute atomic E-state index is 0.242. The van der Waals surface area contributed by atoms with Crippen LogP contribution in [0.25, 0.3) is 0 Å². The molecule has 0 aliphatic rings. The van der Waals surface area contributed by atoms with Crippen molar-refractivity contribution in [2.75, 3.05) is 13.2 Å². The van der Waals surface area contributed by atoms with Gasteiger partial charge in [0, 0.05) is 25.1 Å². The summed E-state index contributed by atoms with van der Waals surface area (Å²) in [4.78, 5) is 4.53. The highest BCUT2D eigenvalue weighted by molar-refractivity contribution is 7.09. The van der Waals surface area contributed by atoms with Gasteiger partial charge in [0.1, 0.15) is 0 Å². The number of nitrogens with zero attached hydrogens (tertiary/aromatic N) is 1. The molecule has 0 spiro atoms. The first-order valence-electron chi connectivity index (χ1n) is 6.32. The van der Waals surface area contributed by atoms with Gasteiger partial charge in [0.05, 0.1) is 10.7 Å². The topological polar surface area (TPSA) is 45.2 Å². The van der Waals surface area contributed by atoms with Crippen LogP contribution in [-0.2, 0) is 13.0 Å². The molecule has 17 heavy (non-hydrogen) atoms. The molecule has 0 saturated carbocycles. The van der Waals surface area contributed by atoms with Crippen LogP contribution in [-0.4, -0.2) is 23.2 Å². The summed E-state index contributed by atoms with van der Waals surface area (Å²) in [6.07, 6.45) is 2.95. The highest BCUT2D eigenvalue weighted by atomic mass is 32.1. The molecule has 0 amide bonds. The van der Waals surface area contributed by atoms with Crippen molar-refractivity contribution in [3.05, 3.63) is 16.1 Å². The SMILES string of the molecule is CCc1nc(CNCC(C)(C)CCCO)cs1. The van der Waals surface area contributed by atoms with Gasteiger partial charge in [0.15, 0.2) is 0 Å². The fraction of sp³-hybridized carbons (Fsp3) is 0.769. The van der Waals surface area contributed by atoms with Gasteiger partial charge in [-0.25, -0.2) is 4.98 Å². The highest BCUT2D eigenvalue weighted by Crippen LogP contribution is 2.21. The summed E-state index contributed by atoms with van der Waals surface area (Å²) in [6, 6.07) is 0. The number of thiazole rings is 1. The van der Waals surface area contributed by atoms with Crippen molar-refractivity contribution >= 4 is 11.3 Å². The molecule has 0 bridgehead atoms. The first-order valence-corrected chi connectivity index (χ1v) is 7.20. The number of aliphatic hydroxyl groups excluding tert-OH is 1. The molecule has 0 fully saturated rings. The molecule has 2 N–H and O–H groups in total. The molecule has 0 unspecified atom stereocenters. The lowest BCUT2D eigenvalue weighted by atomic mass is 9.88. The molecule has 3 nitrogen and oxygen atoms in total. The van der Waals surface area contributed by atoms with Crippen molar-refractivity contribution in [3.63, 3.8) is 0 Å². The summed E-state index contributed by atoms with van der Waals surface area (Å²) in [5, 5.41) is 15.6. The molecule has 1 aromatic rings. The molecule has 0 atom stereocenters. The number of aromatic nitrogens is 1. The Bertz CT molecular complexity index is 323. The van der Waals surface area contributed by atoms with Crippen molar-refractivity contribution in [1.29, 1.82) is 0 Å². The molecule has 98 valence electrons. The molecule has 0 radical (unpaired) electrons. The van der Waals surface area contributed by atoms with E-state index in [-0.39, 0.29) is 12.0 Å². The van der Waals surface area contributed by atoms with E-state index < -0.39 is 0 Å². The second kappa shape index (κ2) is 7.09. The predicted molar refractivity (Wildman–Crippen MR) is 73.3 cm³/mol. The van der Waals surface area contributed by atoms with Crippen molar-refractivity contribution in [1.82, 2.24) is 10.3 Å². The summed E-state index contributed by atoms with van der Waals surface area (Å²) in [7, 11) is 0. The normalized spacial score (nSPS) is 12.0. The Hall–Kier alpha value is -0.450. The number of hydrogen-bond donors (Lipinski definition) is 2. The van der Waals surface area contributed by atoms with Crippen LogP contribution in [0.4, 0.5) is 0 Å². The first-order chi connectivity index (χ1) is 8.07. The van der Waals surface area contributed by atoms with Gasteiger partial charge in [-0.3, -0.25) is 0 Å². The van der Waals surface area contributed by atoms with Crippen LogP contribution < -0.4 is 5.32 Å². The van der Waals surface area contributed by atoms with Crippen LogP contribution in [0.2, 0.25) is 0 Å². The van der Waals surface area contributed by atoms with Crippen LogP contribution in [0.1, 0.15) is 44.3 Å². The Morgan fingerprint density at radius 2 is 2.24 bits per heavy atom. The summed E-state index contributed by atoms with van der Waals surface area (Å²) in [5.41, 5.74) is 1.39. The van der Waals surface area contributed by atoms with Crippen molar-refractivity contribution in [2.24, 2.45) is 5.41 Å². The quantitative estimate of drug-likeness (QED) is 0.751. The average Bonchev–Trinajstić information content (AvgIpc) is 2.74. The summed E-state index contributed by atoms with van der Waals surface area (Å²) < 4.78 is 0. The zero-order valence-corrected chi connectivity index (χ0v) is 11.9. The monoisotopic (exact) mass is 256 g/mol. The van der Waals surface area contributed by atoms with E-state index >= 15 is 0 Å². The van der Waals surface area contributed by atoms with Gasteiger partial charge in [-0.05, 0) is 24.7 Å². The Morgan fingerprint density at radius 3 is 2.82 bits per heavy atom. The lowest BCUT2D eigenvalue weighted by molar-refractivity contribution is 0.236. The minimum Gasteiger partial charge on any atom is -0.396 e. The summed E-state index contributed by atoms with van der Waals surface area (Å²) >= 11 is 1.74. The number of rotatable bonds is 8. The second-order valence-corrected chi connectivity index (χ2v) is 6.12. The third-order valence-corrected chi connectivity index (χ3v) is 3.87. The fourth-order valence-electron chi connectivity index (χ4n) is 1.77. The van der Waals surface area contributed by atoms with Gasteiger partial charge in [0.2, 0.25) is 0 Å². The van der Waals surface area contributed by atoms with Gasteiger partial charge in [-0.15, -0.1) is 11.3 Å². The second-order valence-electron chi connectivity index (χ2n) is 5.18. The van der Waals surface area contributed by atoms with Crippen LogP contribution in [0.5, 0.6) is 0 Å². The standard InChI is InChI=1S/C13H24N2OS/c1-4-12-15-11(9-17-12)8-14-10-13(2,3)6-5-7-16/h9,14,16H,4-8,10H2,1-3H3. The van der Waals surface area contributed by atoms with Crippen LogP contribution >= 0.6 is 11.3 Å². The maximum atomic E-state index is 8.83. The Kier molecular flexibility index (Phi) is 6.09. The predicted octanol–water partition coefficient (Wildman–Crippen LogP) is 2.59. The van der Waals surface area contributed by atoms with E-state index in [4.69, 9.17) is 5.11 Å². The molecule has 1 rings (SSSR count). The van der Waals surface area contributed by atoms with E-state index in [0.29, 0.717) is 0 Å².